The Morgan fingerprint density at radius 2 is 1.62 bits per heavy atom. The van der Waals surface area contributed by atoms with Gasteiger partial charge in [0.1, 0.15) is 30.1 Å². The Hall–Kier alpha value is 5.08. The van der Waals surface area contributed by atoms with Gasteiger partial charge in [0.05, 0.1) is 37.1 Å². The molecule has 3 aliphatic rings. The van der Waals surface area contributed by atoms with E-state index in [4.69, 9.17) is 34.6 Å². The van der Waals surface area contributed by atoms with E-state index < -0.39 is 65.5 Å². The second-order valence-electron chi connectivity index (χ2n) is 15.7. The zero-order valence-electron chi connectivity index (χ0n) is 39.8. The minimum absolute atomic E-state index is 0. The first-order chi connectivity index (χ1) is 25.9. The Morgan fingerprint density at radius 1 is 1.03 bits per heavy atom. The maximum atomic E-state index is 14.4. The van der Waals surface area contributed by atoms with Crippen LogP contribution in [-0.4, -0.2) is 121 Å². The number of rotatable bonds is 8. The average molecular weight is 2690 g/mol. The van der Waals surface area contributed by atoms with E-state index in [-0.39, 0.29) is 294 Å². The molecule has 1 aromatic heterocycles. The third kappa shape index (κ3) is 24.3. The molecular weight excluding hydrogens is 2620 g/mol. The molecule has 0 spiro atoms. The van der Waals surface area contributed by atoms with Crippen molar-refractivity contribution >= 4 is 17.5 Å². The molecule has 1 aromatic rings. The predicted octanol–water partition coefficient (Wildman–Crippen LogP) is 4.92. The van der Waals surface area contributed by atoms with Crippen LogP contribution in [0.1, 0.15) is 81.6 Å². The van der Waals surface area contributed by atoms with Crippen LogP contribution in [0, 0.1) is 37.3 Å². The summed E-state index contributed by atoms with van der Waals surface area (Å²) in [4.78, 5) is 40.0. The summed E-state index contributed by atoms with van der Waals surface area (Å²) in [6, 6.07) is 3.48. The van der Waals surface area contributed by atoms with Crippen LogP contribution in [0.25, 0.3) is 0 Å². The van der Waals surface area contributed by atoms with E-state index in [9.17, 15) is 14.7 Å². The van der Waals surface area contributed by atoms with Crippen molar-refractivity contribution in [2.45, 2.75) is 135 Å². The number of carbonyl (C=O) groups excluding carboxylic acids is 2. The number of ether oxygens (including phenoxy) is 6. The summed E-state index contributed by atoms with van der Waals surface area (Å²) < 4.78 is 44.2. The van der Waals surface area contributed by atoms with Crippen molar-refractivity contribution in [2.24, 2.45) is 22.9 Å². The van der Waals surface area contributed by atoms with Crippen LogP contribution < -0.4 is 0 Å². The Kier molecular flexibility index (Phi) is 56.4. The molecule has 3 aliphatic heterocycles. The van der Waals surface area contributed by atoms with E-state index in [1.165, 1.54) is 6.92 Å². The SMILES string of the molecule is C=C1[C@H](C)C[C@@]2(C)OC/C(=N/OCc3cc[c-]nc3)CO[C@H]([C@H]1C)[C@](C)(O)[C@@H](CC)OC(=O)[C-](C)C(=O)[C@H](C)[C@H]2O[C@@H]1O[C@H](C)C[C@H](N(C)C)[C@H]1OC.[3H][CH2-].[W].[W].[W].[W].[W].[W].[W].[W].[W].[W].[Y]. The summed E-state index contributed by atoms with van der Waals surface area (Å²) in [6.45, 7) is 18.9. The van der Waals surface area contributed by atoms with Gasteiger partial charge in [-0.3, -0.25) is 4.79 Å². The number of oxime groups is 1. The minimum atomic E-state index is -1.69. The molecule has 3 fully saturated rings. The van der Waals surface area contributed by atoms with Crippen LogP contribution in [-0.2, 0) is 293 Å². The van der Waals surface area contributed by atoms with Crippen LogP contribution in [0.4, 0.5) is 0 Å². The molecule has 2 bridgehead atoms. The van der Waals surface area contributed by atoms with Crippen LogP contribution in [0.2, 0.25) is 0 Å². The zero-order valence-corrected chi connectivity index (χ0v) is 71.0. The predicted molar refractivity (Wildman–Crippen MR) is 204 cm³/mol. The molecule has 65 heavy (non-hydrogen) atoms. The van der Waals surface area contributed by atoms with E-state index in [2.05, 4.69) is 35.2 Å². The van der Waals surface area contributed by atoms with Crippen molar-refractivity contribution in [2.75, 3.05) is 34.4 Å². The summed E-state index contributed by atoms with van der Waals surface area (Å²) in [5, 5.41) is 16.7. The number of carbonyl (C=O) groups is 2. The van der Waals surface area contributed by atoms with Crippen molar-refractivity contribution in [3.63, 3.8) is 0 Å². The van der Waals surface area contributed by atoms with Gasteiger partial charge in [0.15, 0.2) is 12.3 Å². The molecule has 4 rings (SSSR count). The average Bonchev–Trinajstić information content (AvgIpc) is 3.17. The van der Waals surface area contributed by atoms with E-state index in [0.29, 0.717) is 18.6 Å². The van der Waals surface area contributed by atoms with Gasteiger partial charge in [-0.15, -0.1) is 5.56 Å². The number of ketones is 1. The number of hydrogen-bond donors (Lipinski definition) is 1. The second kappa shape index (κ2) is 42.2. The van der Waals surface area contributed by atoms with Gasteiger partial charge in [-0.05, 0) is 60.0 Å². The molecular formula is C41H64N3O10W10Y-3. The maximum absolute atomic E-state index is 14.4. The number of pyridine rings is 1. The molecule has 0 unspecified atom stereocenters. The number of fused-ring (bicyclic) bond motifs is 5. The molecule has 3 saturated heterocycles. The van der Waals surface area contributed by atoms with Gasteiger partial charge in [0.25, 0.3) is 0 Å². The molecule has 0 amide bonds. The fourth-order valence-corrected chi connectivity index (χ4v) is 8.05. The first-order valence-electron chi connectivity index (χ1n) is 19.4. The van der Waals surface area contributed by atoms with Crippen LogP contribution in [0.3, 0.4) is 0 Å². The summed E-state index contributed by atoms with van der Waals surface area (Å²) in [6.07, 6.45) is 1.29. The number of aromatic nitrogens is 1. The minimum Gasteiger partial charge on any atom is -0.481 e. The van der Waals surface area contributed by atoms with Gasteiger partial charge in [0, 0.05) is 274 Å². The number of nitrogens with zero attached hydrogens (tertiary/aromatic N) is 3. The Balaban J connectivity index is -0.000000352. The fourth-order valence-electron chi connectivity index (χ4n) is 8.05. The molecule has 1 radical (unpaired) electrons. The monoisotopic (exact) mass is 2690 g/mol. The fraction of sp³-hybridized carbons (Fsp3) is 0.707. The molecule has 0 aromatic carbocycles. The molecule has 369 valence electrons. The number of aliphatic hydroxyl groups is 1. The Morgan fingerprint density at radius 3 is 2.12 bits per heavy atom. The Bertz CT molecular complexity index is 1480. The van der Waals surface area contributed by atoms with Crippen molar-refractivity contribution in [1.29, 1.82) is 0 Å². The van der Waals surface area contributed by atoms with Crippen molar-refractivity contribution in [1.82, 2.24) is 9.88 Å². The second-order valence-corrected chi connectivity index (χ2v) is 15.7. The number of cyclic esters (lactones) is 1. The first kappa shape index (κ1) is 86.8. The number of hydrogen-bond acceptors (Lipinski definition) is 13. The molecule has 13 nitrogen and oxygen atoms in total. The van der Waals surface area contributed by atoms with Crippen molar-refractivity contribution < 1.29 is 293 Å². The third-order valence-electron chi connectivity index (χ3n) is 11.3. The van der Waals surface area contributed by atoms with Gasteiger partial charge in [-0.2, -0.15) is 19.1 Å². The first-order valence-corrected chi connectivity index (χ1v) is 18.7. The number of esters is 1. The van der Waals surface area contributed by atoms with Crippen LogP contribution in [0.15, 0.2) is 35.6 Å². The summed E-state index contributed by atoms with van der Waals surface area (Å²) in [7, 11) is 8.09. The molecule has 4 heterocycles. The van der Waals surface area contributed by atoms with Gasteiger partial charge in [-0.1, -0.05) is 57.4 Å². The molecule has 1 N–H and O–H groups in total. The normalized spacial score (nSPS) is 31.8. The standard InChI is InChI=1S/C40H61N3O10.CH3.10W.Y/c1-13-32-40(9,46)36-26(5)25(4)23(2)18-39(8,49-22-30(21-48-36)42-50-20-29-15-14-16-41-19-29)35(27(6)33(44)28(7)37(45)52-32)53-38-34(47-12)31(43(10)11)17-24(3)51-38;;;;;;;;;;;;/h14-15,19,23-24,26-27,31-32,34-36,38,46H,4,13,17-18,20-22H2,1-3,5-12H3;1H3;;;;;;;;;;;/q-2;-1;;;;;;;;;;;/b42-30+;;;;;;;;;;;;/t23-,24-,26+,27+,31+,32-,34-,35-,36-,38+,39-,40-;;;;;;;;;;;;/m1............/s1/i;1T;;;;;;;;;;;. The van der Waals surface area contributed by atoms with E-state index in [0.717, 1.165) is 11.1 Å². The summed E-state index contributed by atoms with van der Waals surface area (Å²) in [5.74, 6) is -2.97. The van der Waals surface area contributed by atoms with E-state index >= 15 is 0 Å². The molecule has 0 aliphatic carbocycles. The number of likely N-dealkylation sites (N-methyl/N-ethyl adjacent to an activating group) is 1. The topological polar surface area (TPSA) is 147 Å². The van der Waals surface area contributed by atoms with E-state index in [1.807, 2.05) is 47.9 Å². The summed E-state index contributed by atoms with van der Waals surface area (Å²) >= 11 is 0. The maximum Gasteiger partial charge on any atom is 0.186 e. The van der Waals surface area contributed by atoms with Gasteiger partial charge < -0.3 is 60.4 Å². The van der Waals surface area contributed by atoms with Gasteiger partial charge >= 0.3 is 0 Å². The smallest absolute Gasteiger partial charge is 0.186 e. The zero-order chi connectivity index (χ0) is 41.2. The van der Waals surface area contributed by atoms with Gasteiger partial charge in [-0.25, -0.2) is 7.29 Å². The van der Waals surface area contributed by atoms with Crippen molar-refractivity contribution in [3.05, 3.63) is 55.6 Å². The van der Waals surface area contributed by atoms with E-state index in [1.54, 1.807) is 40.1 Å². The number of Topliss-reactive ketones (excluding diaryl/α,β-unsaturated/α-hetero) is 1. The summed E-state index contributed by atoms with van der Waals surface area (Å²) in [5.41, 5.74) is -0.917. The quantitative estimate of drug-likeness (QED) is 0.163. The molecule has 0 saturated carbocycles. The van der Waals surface area contributed by atoms with Crippen LogP contribution >= 0.6 is 0 Å². The van der Waals surface area contributed by atoms with Gasteiger partial charge in [0.2, 0.25) is 0 Å². The molecule has 24 heteroatoms. The third-order valence-corrected chi connectivity index (χ3v) is 11.3. The molecule has 12 atom stereocenters. The largest absolute Gasteiger partial charge is 0.481 e. The van der Waals surface area contributed by atoms with Crippen LogP contribution in [0.5, 0.6) is 0 Å². The number of methoxy groups -OCH3 is 1. The Labute approximate surface area is 559 Å². The van der Waals surface area contributed by atoms with Crippen molar-refractivity contribution in [3.8, 4) is 0 Å².